The van der Waals surface area contributed by atoms with Gasteiger partial charge in [0.2, 0.25) is 0 Å². The van der Waals surface area contributed by atoms with Gasteiger partial charge in [-0.2, -0.15) is 0 Å². The van der Waals surface area contributed by atoms with Gasteiger partial charge in [-0.25, -0.2) is 0 Å². The largest absolute Gasteiger partial charge is 0.385 e. The molecule has 1 aromatic rings. The first-order valence-corrected chi connectivity index (χ1v) is 7.16. The van der Waals surface area contributed by atoms with Crippen LogP contribution in [-0.4, -0.2) is 42.4 Å². The zero-order chi connectivity index (χ0) is 12.3. The van der Waals surface area contributed by atoms with Crippen molar-refractivity contribution in [3.8, 4) is 0 Å². The van der Waals surface area contributed by atoms with Crippen LogP contribution in [0.5, 0.6) is 0 Å². The van der Waals surface area contributed by atoms with Gasteiger partial charge in [0, 0.05) is 18.0 Å². The summed E-state index contributed by atoms with van der Waals surface area (Å²) in [5.41, 5.74) is 1.17. The highest BCUT2D eigenvalue weighted by Crippen LogP contribution is 2.29. The first kappa shape index (κ1) is 13.0. The van der Waals surface area contributed by atoms with E-state index in [9.17, 15) is 5.11 Å². The minimum Gasteiger partial charge on any atom is -0.385 e. The number of hydrogen-bond acceptors (Lipinski definition) is 4. The van der Waals surface area contributed by atoms with Gasteiger partial charge in [0.1, 0.15) is 12.2 Å². The molecule has 1 N–H and O–H groups in total. The minimum absolute atomic E-state index is 0.0763. The van der Waals surface area contributed by atoms with Crippen LogP contribution in [0.3, 0.4) is 0 Å². The Bertz CT molecular complexity index is 351. The number of rotatable bonds is 4. The standard InChI is InChI=1S/C13H21NO2S/c1-3-5-14-6-7-16-11(9-14)12(15)13-10(2)4-8-17-13/h4,8,11-12,15H,3,5-7,9H2,1-2H3. The summed E-state index contributed by atoms with van der Waals surface area (Å²) >= 11 is 1.62. The summed E-state index contributed by atoms with van der Waals surface area (Å²) in [7, 11) is 0. The molecule has 2 heterocycles. The fourth-order valence-corrected chi connectivity index (χ4v) is 3.26. The Morgan fingerprint density at radius 1 is 1.65 bits per heavy atom. The maximum Gasteiger partial charge on any atom is 0.116 e. The Labute approximate surface area is 107 Å². The smallest absolute Gasteiger partial charge is 0.116 e. The number of aliphatic hydroxyl groups excluding tert-OH is 1. The van der Waals surface area contributed by atoms with Crippen LogP contribution in [0.2, 0.25) is 0 Å². The van der Waals surface area contributed by atoms with E-state index in [1.807, 2.05) is 12.3 Å². The number of hydrogen-bond donors (Lipinski definition) is 1. The molecule has 1 aliphatic heterocycles. The number of ether oxygens (including phenoxy) is 1. The fraction of sp³-hybridized carbons (Fsp3) is 0.692. The van der Waals surface area contributed by atoms with Crippen LogP contribution in [-0.2, 0) is 4.74 Å². The van der Waals surface area contributed by atoms with Crippen LogP contribution in [0.25, 0.3) is 0 Å². The maximum absolute atomic E-state index is 10.4. The highest BCUT2D eigenvalue weighted by Gasteiger charge is 2.28. The van der Waals surface area contributed by atoms with E-state index in [1.165, 1.54) is 5.56 Å². The van der Waals surface area contributed by atoms with Gasteiger partial charge in [0.15, 0.2) is 0 Å². The maximum atomic E-state index is 10.4. The molecule has 0 aliphatic carbocycles. The van der Waals surface area contributed by atoms with Crippen LogP contribution in [0.4, 0.5) is 0 Å². The number of aryl methyl sites for hydroxylation is 1. The molecule has 2 atom stereocenters. The summed E-state index contributed by atoms with van der Waals surface area (Å²) in [4.78, 5) is 3.42. The van der Waals surface area contributed by atoms with E-state index in [2.05, 4.69) is 17.9 Å². The molecule has 1 aromatic heterocycles. The molecule has 0 aromatic carbocycles. The second-order valence-corrected chi connectivity index (χ2v) is 5.57. The summed E-state index contributed by atoms with van der Waals surface area (Å²) < 4.78 is 5.71. The lowest BCUT2D eigenvalue weighted by atomic mass is 10.1. The molecule has 0 amide bonds. The van der Waals surface area contributed by atoms with Gasteiger partial charge in [0.25, 0.3) is 0 Å². The monoisotopic (exact) mass is 255 g/mol. The quantitative estimate of drug-likeness (QED) is 0.895. The van der Waals surface area contributed by atoms with E-state index in [0.29, 0.717) is 0 Å². The number of nitrogens with zero attached hydrogens (tertiary/aromatic N) is 1. The van der Waals surface area contributed by atoms with Crippen LogP contribution in [0.1, 0.15) is 29.9 Å². The van der Waals surface area contributed by atoms with E-state index in [-0.39, 0.29) is 6.10 Å². The predicted molar refractivity (Wildman–Crippen MR) is 70.5 cm³/mol. The number of thiophene rings is 1. The molecular weight excluding hydrogens is 234 g/mol. The first-order chi connectivity index (χ1) is 8.22. The summed E-state index contributed by atoms with van der Waals surface area (Å²) in [5, 5.41) is 12.4. The van der Waals surface area contributed by atoms with E-state index in [0.717, 1.165) is 37.5 Å². The van der Waals surface area contributed by atoms with Crippen molar-refractivity contribution in [1.82, 2.24) is 4.90 Å². The average Bonchev–Trinajstić information content (AvgIpc) is 2.75. The Balaban J connectivity index is 1.99. The van der Waals surface area contributed by atoms with Crippen molar-refractivity contribution in [2.75, 3.05) is 26.2 Å². The highest BCUT2D eigenvalue weighted by molar-refractivity contribution is 7.10. The molecule has 96 valence electrons. The molecule has 4 heteroatoms. The third-order valence-electron chi connectivity index (χ3n) is 3.24. The lowest BCUT2D eigenvalue weighted by Gasteiger charge is -2.35. The van der Waals surface area contributed by atoms with Gasteiger partial charge in [-0.05, 0) is 36.9 Å². The van der Waals surface area contributed by atoms with Crippen molar-refractivity contribution in [2.24, 2.45) is 0 Å². The Hall–Kier alpha value is -0.420. The first-order valence-electron chi connectivity index (χ1n) is 6.28. The molecule has 0 radical (unpaired) electrons. The average molecular weight is 255 g/mol. The van der Waals surface area contributed by atoms with Gasteiger partial charge >= 0.3 is 0 Å². The van der Waals surface area contributed by atoms with E-state index >= 15 is 0 Å². The third-order valence-corrected chi connectivity index (χ3v) is 4.33. The Kier molecular flexibility index (Phi) is 4.56. The zero-order valence-corrected chi connectivity index (χ0v) is 11.4. The molecule has 0 spiro atoms. The Morgan fingerprint density at radius 3 is 3.12 bits per heavy atom. The van der Waals surface area contributed by atoms with E-state index < -0.39 is 6.10 Å². The molecule has 0 bridgehead atoms. The summed E-state index contributed by atoms with van der Waals surface area (Å²) in [6.07, 6.45) is 0.600. The molecule has 2 rings (SSSR count). The van der Waals surface area contributed by atoms with Crippen molar-refractivity contribution >= 4 is 11.3 Å². The van der Waals surface area contributed by atoms with Crippen LogP contribution < -0.4 is 0 Å². The van der Waals surface area contributed by atoms with E-state index in [4.69, 9.17) is 4.74 Å². The molecular formula is C13H21NO2S. The second-order valence-electron chi connectivity index (χ2n) is 4.62. The normalized spacial score (nSPS) is 23.8. The van der Waals surface area contributed by atoms with Crippen LogP contribution in [0, 0.1) is 6.92 Å². The van der Waals surface area contributed by atoms with Crippen molar-refractivity contribution in [3.05, 3.63) is 21.9 Å². The van der Waals surface area contributed by atoms with Gasteiger partial charge in [-0.15, -0.1) is 11.3 Å². The van der Waals surface area contributed by atoms with Gasteiger partial charge < -0.3 is 9.84 Å². The zero-order valence-electron chi connectivity index (χ0n) is 10.6. The summed E-state index contributed by atoms with van der Waals surface area (Å²) in [5.74, 6) is 0. The van der Waals surface area contributed by atoms with Crippen molar-refractivity contribution in [3.63, 3.8) is 0 Å². The Morgan fingerprint density at radius 2 is 2.47 bits per heavy atom. The minimum atomic E-state index is -0.477. The van der Waals surface area contributed by atoms with Gasteiger partial charge in [0.05, 0.1) is 6.61 Å². The van der Waals surface area contributed by atoms with E-state index in [1.54, 1.807) is 11.3 Å². The highest BCUT2D eigenvalue weighted by atomic mass is 32.1. The van der Waals surface area contributed by atoms with Crippen molar-refractivity contribution in [1.29, 1.82) is 0 Å². The SMILES string of the molecule is CCCN1CCOC(C(O)c2sccc2C)C1. The lowest BCUT2D eigenvalue weighted by molar-refractivity contribution is -0.0889. The molecule has 1 saturated heterocycles. The second kappa shape index (κ2) is 5.96. The molecule has 2 unspecified atom stereocenters. The summed E-state index contributed by atoms with van der Waals surface area (Å²) in [6, 6.07) is 2.05. The lowest BCUT2D eigenvalue weighted by Crippen LogP contribution is -2.45. The molecule has 17 heavy (non-hydrogen) atoms. The number of aliphatic hydroxyl groups is 1. The van der Waals surface area contributed by atoms with Crippen LogP contribution in [0.15, 0.2) is 11.4 Å². The molecule has 3 nitrogen and oxygen atoms in total. The molecule has 1 fully saturated rings. The molecule has 0 saturated carbocycles. The van der Waals surface area contributed by atoms with Gasteiger partial charge in [-0.1, -0.05) is 6.92 Å². The third kappa shape index (κ3) is 3.07. The van der Waals surface area contributed by atoms with Gasteiger partial charge in [-0.3, -0.25) is 4.90 Å². The summed E-state index contributed by atoms with van der Waals surface area (Å²) in [6.45, 7) is 7.88. The topological polar surface area (TPSA) is 32.7 Å². The van der Waals surface area contributed by atoms with Crippen molar-refractivity contribution in [2.45, 2.75) is 32.5 Å². The molecule has 1 aliphatic rings. The fourth-order valence-electron chi connectivity index (χ4n) is 2.30. The predicted octanol–water partition coefficient (Wildman–Crippen LogP) is 2.20. The number of morpholine rings is 1. The van der Waals surface area contributed by atoms with Crippen LogP contribution >= 0.6 is 11.3 Å². The van der Waals surface area contributed by atoms with Crippen molar-refractivity contribution < 1.29 is 9.84 Å².